The Bertz CT molecular complexity index is 856. The molecule has 0 aliphatic heterocycles. The van der Waals surface area contributed by atoms with Gasteiger partial charge in [-0.3, -0.25) is 4.57 Å². The van der Waals surface area contributed by atoms with Crippen molar-refractivity contribution in [2.24, 2.45) is 0 Å². The summed E-state index contributed by atoms with van der Waals surface area (Å²) in [6, 6.07) is 0. The molecule has 0 aromatic carbocycles. The Kier molecular flexibility index (Phi) is 7.80. The van der Waals surface area contributed by atoms with E-state index < -0.39 is 66.0 Å². The van der Waals surface area contributed by atoms with E-state index in [0.717, 1.165) is 0 Å². The quantitative estimate of drug-likeness (QED) is 0.164. The lowest BCUT2D eigenvalue weighted by molar-refractivity contribution is -0.464. The second-order valence-electron chi connectivity index (χ2n) is 6.18. The zero-order valence-corrected chi connectivity index (χ0v) is 16.3. The molecule has 0 unspecified atom stereocenters. The van der Waals surface area contributed by atoms with Gasteiger partial charge in [0.2, 0.25) is 0 Å². The molecule has 2 N–H and O–H groups in total. The van der Waals surface area contributed by atoms with E-state index in [4.69, 9.17) is 9.79 Å². The third kappa shape index (κ3) is 4.02. The zero-order chi connectivity index (χ0) is 29.5. The van der Waals surface area contributed by atoms with Gasteiger partial charge in [0.25, 0.3) is 0 Å². The molecule has 0 radical (unpaired) electrons. The molecular weight excluding hydrogens is 614 g/mol. The molecule has 0 amide bonds. The van der Waals surface area contributed by atoms with Crippen molar-refractivity contribution in [3.63, 3.8) is 0 Å². The van der Waals surface area contributed by atoms with Gasteiger partial charge in [-0.1, -0.05) is 0 Å². The van der Waals surface area contributed by atoms with Crippen LogP contribution in [0.5, 0.6) is 0 Å². The van der Waals surface area contributed by atoms with Gasteiger partial charge in [0, 0.05) is 0 Å². The van der Waals surface area contributed by atoms with Crippen molar-refractivity contribution in [1.82, 2.24) is 0 Å². The van der Waals surface area contributed by atoms with Gasteiger partial charge in [-0.15, -0.1) is 0 Å². The van der Waals surface area contributed by atoms with Crippen LogP contribution in [0.4, 0.5) is 87.8 Å². The molecule has 0 atom stereocenters. The van der Waals surface area contributed by atoms with E-state index >= 15 is 0 Å². The Hall–Kier alpha value is -0.960. The first kappa shape index (κ1) is 34.0. The summed E-state index contributed by atoms with van der Waals surface area (Å²) >= 11 is 3.24. The topological polar surface area (TPSA) is 57.5 Å². The minimum absolute atomic E-state index is 3.24. The van der Waals surface area contributed by atoms with Gasteiger partial charge in [-0.25, -0.2) is 0 Å². The summed E-state index contributed by atoms with van der Waals surface area (Å²) in [7, 11) is -8.14. The second-order valence-corrected chi connectivity index (χ2v) is 8.30. The largest absolute Gasteiger partial charge is 0.413 e. The lowest BCUT2D eigenvalue weighted by Crippen LogP contribution is -2.76. The average molecular weight is 617 g/mol. The Morgan fingerprint density at radius 1 is 0.400 bits per heavy atom. The second kappa shape index (κ2) is 8.02. The molecule has 0 aliphatic carbocycles. The highest BCUT2D eigenvalue weighted by Gasteiger charge is 2.98. The van der Waals surface area contributed by atoms with E-state index in [-0.39, 0.29) is 0 Å². The third-order valence-corrected chi connectivity index (χ3v) is 5.11. The van der Waals surface area contributed by atoms with Crippen LogP contribution in [0.3, 0.4) is 0 Å². The molecule has 3 nitrogen and oxygen atoms in total. The Labute approximate surface area is 181 Å². The van der Waals surface area contributed by atoms with Crippen molar-refractivity contribution in [2.75, 3.05) is 0 Å². The fraction of sp³-hybridized carbons (Fsp3) is 1.00. The van der Waals surface area contributed by atoms with Crippen LogP contribution in [0.15, 0.2) is 0 Å². The lowest BCUT2D eigenvalue weighted by Gasteiger charge is -2.44. The minimum Gasteiger partial charge on any atom is -0.320 e. The molecule has 0 aromatic rings. The highest BCUT2D eigenvalue weighted by molar-refractivity contribution is 7.53. The predicted molar refractivity (Wildman–Crippen MR) is 67.4 cm³/mol. The van der Waals surface area contributed by atoms with E-state index in [1.54, 1.807) is 0 Å². The van der Waals surface area contributed by atoms with Gasteiger partial charge in [0.15, 0.2) is 0 Å². The number of alkyl halides is 21. The normalized spacial score (nSPS) is 17.1. The molecule has 0 saturated heterocycles. The predicted octanol–water partition coefficient (Wildman–Crippen LogP) is 6.67. The van der Waals surface area contributed by atoms with Crippen LogP contribution in [-0.4, -0.2) is 68.2 Å². The van der Waals surface area contributed by atoms with E-state index in [2.05, 4.69) is 11.6 Å². The first-order valence-corrected chi connectivity index (χ1v) is 9.02. The molecule has 0 rings (SSSR count). The lowest BCUT2D eigenvalue weighted by atomic mass is 9.87. The summed E-state index contributed by atoms with van der Waals surface area (Å²) in [6.07, 6.45) is 0. The molecule has 0 fully saturated rings. The number of halogens is 21. The molecule has 0 saturated carbocycles. The standard InChI is InChI=1S/C10H2ClF20O3P/c11-9(28,29)7(24,25)5(20,21)3(16,17)1(12,13)2(14,15)4(18,19)6(22,23)8(26,27)10(30,31)35(32,33)34/h(H2,32,33,34). The van der Waals surface area contributed by atoms with E-state index in [9.17, 15) is 92.4 Å². The maximum Gasteiger partial charge on any atom is 0.413 e. The molecule has 0 spiro atoms. The van der Waals surface area contributed by atoms with Crippen molar-refractivity contribution in [3.05, 3.63) is 0 Å². The molecular formula is C10H2ClF20O3P. The van der Waals surface area contributed by atoms with E-state index in [0.29, 0.717) is 0 Å². The van der Waals surface area contributed by atoms with Crippen molar-refractivity contribution in [3.8, 4) is 0 Å². The first-order chi connectivity index (χ1) is 14.5. The summed E-state index contributed by atoms with van der Waals surface area (Å²) in [4.78, 5) is 15.7. The van der Waals surface area contributed by atoms with Crippen LogP contribution in [0.25, 0.3) is 0 Å². The highest BCUT2D eigenvalue weighted by Crippen LogP contribution is 2.70. The SMILES string of the molecule is O=P(O)(O)C(F)(F)C(F)(F)C(F)(F)C(F)(F)C(F)(F)C(F)(F)C(F)(F)C(F)(F)C(F)(F)C(F)(F)Cl. The van der Waals surface area contributed by atoms with Crippen molar-refractivity contribution in [1.29, 1.82) is 0 Å². The molecule has 0 aliphatic rings. The van der Waals surface area contributed by atoms with E-state index in [1.165, 1.54) is 0 Å². The van der Waals surface area contributed by atoms with Crippen LogP contribution in [-0.2, 0) is 4.57 Å². The van der Waals surface area contributed by atoms with Crippen LogP contribution in [0.1, 0.15) is 0 Å². The van der Waals surface area contributed by atoms with Crippen molar-refractivity contribution in [2.45, 2.75) is 58.4 Å². The van der Waals surface area contributed by atoms with Crippen LogP contribution in [0.2, 0.25) is 0 Å². The number of rotatable bonds is 10. The monoisotopic (exact) mass is 616 g/mol. The fourth-order valence-corrected chi connectivity index (χ4v) is 2.36. The van der Waals surface area contributed by atoms with Crippen molar-refractivity contribution < 1.29 is 102 Å². The smallest absolute Gasteiger partial charge is 0.320 e. The number of hydrogen-bond acceptors (Lipinski definition) is 1. The summed E-state index contributed by atoms with van der Waals surface area (Å²) < 4.78 is 272. The maximum absolute atomic E-state index is 13.4. The van der Waals surface area contributed by atoms with Gasteiger partial charge in [0.1, 0.15) is 0 Å². The van der Waals surface area contributed by atoms with Crippen LogP contribution in [0, 0.1) is 0 Å². The summed E-state index contributed by atoms with van der Waals surface area (Å²) in [5.41, 5.74) is -7.89. The molecule has 0 heterocycles. The fourth-order valence-electron chi connectivity index (χ4n) is 1.73. The van der Waals surface area contributed by atoms with Gasteiger partial charge < -0.3 is 9.79 Å². The Balaban J connectivity index is 7.18. The van der Waals surface area contributed by atoms with Gasteiger partial charge in [-0.05, 0) is 11.6 Å². The van der Waals surface area contributed by atoms with Gasteiger partial charge in [0.05, 0.1) is 0 Å². The Morgan fingerprint density at radius 3 is 0.743 bits per heavy atom. The van der Waals surface area contributed by atoms with Gasteiger partial charge >= 0.3 is 66.0 Å². The van der Waals surface area contributed by atoms with Crippen LogP contribution >= 0.6 is 19.2 Å². The van der Waals surface area contributed by atoms with Gasteiger partial charge in [-0.2, -0.15) is 87.8 Å². The first-order valence-electron chi connectivity index (χ1n) is 7.02. The molecule has 0 aromatic heterocycles. The summed E-state index contributed by atoms with van der Waals surface area (Å²) in [6.45, 7) is 0. The maximum atomic E-state index is 13.4. The molecule has 212 valence electrons. The molecule has 0 bridgehead atoms. The highest BCUT2D eigenvalue weighted by atomic mass is 35.5. The average Bonchev–Trinajstić information content (AvgIpc) is 2.58. The number of hydrogen-bond donors (Lipinski definition) is 2. The van der Waals surface area contributed by atoms with E-state index in [1.807, 2.05) is 0 Å². The third-order valence-electron chi connectivity index (χ3n) is 3.86. The van der Waals surface area contributed by atoms with Crippen molar-refractivity contribution >= 4 is 19.2 Å². The Morgan fingerprint density at radius 2 is 0.571 bits per heavy atom. The zero-order valence-electron chi connectivity index (χ0n) is 14.7. The molecule has 25 heteroatoms. The molecule has 35 heavy (non-hydrogen) atoms. The minimum atomic E-state index is -9.28. The van der Waals surface area contributed by atoms with Crippen LogP contribution < -0.4 is 0 Å². The summed E-state index contributed by atoms with van der Waals surface area (Å²) in [5.74, 6) is -71.2. The summed E-state index contributed by atoms with van der Waals surface area (Å²) in [5, 5.41) is -7.10.